The molecule has 7 nitrogen and oxygen atoms in total. The maximum Gasteiger partial charge on any atom is 0.330 e. The lowest BCUT2D eigenvalue weighted by molar-refractivity contribution is -0.138. The first kappa shape index (κ1) is 23.5. The minimum Gasteiger partial charge on any atom is -0.494 e. The van der Waals surface area contributed by atoms with Crippen LogP contribution in [-0.2, 0) is 4.79 Å². The van der Waals surface area contributed by atoms with Crippen LogP contribution >= 0.6 is 12.4 Å². The summed E-state index contributed by atoms with van der Waals surface area (Å²) in [7, 11) is 0. The summed E-state index contributed by atoms with van der Waals surface area (Å²) in [4.78, 5) is 12.0. The molecule has 30 heavy (non-hydrogen) atoms. The average molecular weight is 433 g/mol. The smallest absolute Gasteiger partial charge is 0.330 e. The number of nitrogens with one attached hydrogen (secondary N) is 2. The zero-order chi connectivity index (χ0) is 21.0. The second-order valence-electron chi connectivity index (χ2n) is 7.39. The standard InChI is InChI=1S/C22H28N4O3.ClH/c1-2-29-18-11-15(19(23)13-4-3-5-13)10-16(12-18)20(22(27)28)26-17-8-6-14(7-9-17)21(24)25;/h6-13,19-20,26H,2-5,23H2,1H3,(H3,24,25)(H,27,28);1H. The number of aliphatic carboxylic acids is 1. The molecule has 3 rings (SSSR count). The van der Waals surface area contributed by atoms with Crippen LogP contribution in [-0.4, -0.2) is 23.5 Å². The van der Waals surface area contributed by atoms with E-state index in [0.717, 1.165) is 18.4 Å². The van der Waals surface area contributed by atoms with Crippen molar-refractivity contribution in [2.24, 2.45) is 17.4 Å². The van der Waals surface area contributed by atoms with Gasteiger partial charge in [0.15, 0.2) is 6.04 Å². The maximum atomic E-state index is 12.0. The number of amidine groups is 1. The van der Waals surface area contributed by atoms with E-state index in [-0.39, 0.29) is 24.3 Å². The van der Waals surface area contributed by atoms with Gasteiger partial charge in [0.05, 0.1) is 6.61 Å². The second-order valence-corrected chi connectivity index (χ2v) is 7.39. The van der Waals surface area contributed by atoms with Crippen molar-refractivity contribution in [1.82, 2.24) is 0 Å². The molecule has 0 bridgehead atoms. The molecule has 7 N–H and O–H groups in total. The molecule has 1 saturated carbocycles. The van der Waals surface area contributed by atoms with Crippen molar-refractivity contribution in [3.8, 4) is 5.75 Å². The molecule has 8 heteroatoms. The minimum atomic E-state index is -1.00. The predicted octanol–water partition coefficient (Wildman–Crippen LogP) is 3.83. The molecule has 0 saturated heterocycles. The number of benzene rings is 2. The highest BCUT2D eigenvalue weighted by Gasteiger charge is 2.28. The molecule has 0 aromatic heterocycles. The molecule has 1 aliphatic carbocycles. The summed E-state index contributed by atoms with van der Waals surface area (Å²) in [6, 6.07) is 11.2. The molecule has 1 fully saturated rings. The summed E-state index contributed by atoms with van der Waals surface area (Å²) in [5, 5.41) is 20.4. The molecule has 1 aliphatic rings. The third-order valence-corrected chi connectivity index (χ3v) is 5.39. The van der Waals surface area contributed by atoms with Crippen LogP contribution in [0, 0.1) is 11.3 Å². The first-order valence-corrected chi connectivity index (χ1v) is 9.86. The highest BCUT2D eigenvalue weighted by Crippen LogP contribution is 2.38. The van der Waals surface area contributed by atoms with E-state index in [0.29, 0.717) is 35.1 Å². The Hall–Kier alpha value is -2.77. The van der Waals surface area contributed by atoms with Crippen LogP contribution in [0.5, 0.6) is 5.75 Å². The summed E-state index contributed by atoms with van der Waals surface area (Å²) >= 11 is 0. The van der Waals surface area contributed by atoms with Gasteiger partial charge in [-0.1, -0.05) is 12.5 Å². The number of anilines is 1. The van der Waals surface area contributed by atoms with Crippen LogP contribution < -0.4 is 21.5 Å². The molecule has 0 aliphatic heterocycles. The molecule has 2 atom stereocenters. The number of ether oxygens (including phenoxy) is 1. The number of nitrogens with two attached hydrogens (primary N) is 2. The number of hydrogen-bond donors (Lipinski definition) is 5. The third kappa shape index (κ3) is 5.43. The average Bonchev–Trinajstić information content (AvgIpc) is 2.64. The van der Waals surface area contributed by atoms with Gasteiger partial charge in [-0.15, -0.1) is 12.4 Å². The highest BCUT2D eigenvalue weighted by atomic mass is 35.5. The van der Waals surface area contributed by atoms with Gasteiger partial charge in [0.25, 0.3) is 0 Å². The first-order chi connectivity index (χ1) is 13.9. The van der Waals surface area contributed by atoms with E-state index in [4.69, 9.17) is 21.6 Å². The molecule has 2 aromatic rings. The van der Waals surface area contributed by atoms with E-state index in [1.54, 1.807) is 30.3 Å². The lowest BCUT2D eigenvalue weighted by Gasteiger charge is -2.32. The topological polar surface area (TPSA) is 134 Å². The van der Waals surface area contributed by atoms with Gasteiger partial charge in [0.1, 0.15) is 11.6 Å². The largest absolute Gasteiger partial charge is 0.494 e. The third-order valence-electron chi connectivity index (χ3n) is 5.39. The Bertz CT molecular complexity index is 884. The van der Waals surface area contributed by atoms with Gasteiger partial charge in [-0.3, -0.25) is 5.41 Å². The van der Waals surface area contributed by atoms with Crippen molar-refractivity contribution in [2.75, 3.05) is 11.9 Å². The molecule has 0 amide bonds. The van der Waals surface area contributed by atoms with Gasteiger partial charge in [-0.2, -0.15) is 0 Å². The molecular formula is C22H29ClN4O3. The minimum absolute atomic E-state index is 0. The summed E-state index contributed by atoms with van der Waals surface area (Å²) in [5.74, 6) is 0.00710. The van der Waals surface area contributed by atoms with E-state index >= 15 is 0 Å². The van der Waals surface area contributed by atoms with E-state index in [9.17, 15) is 9.90 Å². The van der Waals surface area contributed by atoms with Crippen molar-refractivity contribution in [1.29, 1.82) is 5.41 Å². The predicted molar refractivity (Wildman–Crippen MR) is 121 cm³/mol. The molecule has 0 spiro atoms. The molecule has 2 unspecified atom stereocenters. The Balaban J connectivity index is 0.00000320. The number of nitrogen functional groups attached to an aromatic ring is 1. The van der Waals surface area contributed by atoms with Crippen molar-refractivity contribution in [3.63, 3.8) is 0 Å². The van der Waals surface area contributed by atoms with E-state index in [1.165, 1.54) is 6.42 Å². The summed E-state index contributed by atoms with van der Waals surface area (Å²) < 4.78 is 5.68. The van der Waals surface area contributed by atoms with Crippen LogP contribution in [0.3, 0.4) is 0 Å². The van der Waals surface area contributed by atoms with Crippen LogP contribution in [0.4, 0.5) is 5.69 Å². The highest BCUT2D eigenvalue weighted by molar-refractivity contribution is 5.95. The zero-order valence-corrected chi connectivity index (χ0v) is 17.7. The van der Waals surface area contributed by atoms with Crippen LogP contribution in [0.2, 0.25) is 0 Å². The number of rotatable bonds is 9. The van der Waals surface area contributed by atoms with Crippen molar-refractivity contribution in [3.05, 3.63) is 59.2 Å². The zero-order valence-electron chi connectivity index (χ0n) is 16.9. The number of halogens is 1. The van der Waals surface area contributed by atoms with Gasteiger partial charge in [-0.05, 0) is 73.2 Å². The fourth-order valence-corrected chi connectivity index (χ4v) is 3.53. The van der Waals surface area contributed by atoms with Crippen molar-refractivity contribution >= 4 is 29.9 Å². The normalized spacial score (nSPS) is 15.3. The quantitative estimate of drug-likeness (QED) is 0.302. The SMILES string of the molecule is CCOc1cc(C(Nc2ccc(C(=N)N)cc2)C(=O)O)cc(C(N)C2CCC2)c1.Cl. The molecule has 2 aromatic carbocycles. The fourth-order valence-electron chi connectivity index (χ4n) is 3.53. The Kier molecular flexibility index (Phi) is 8.08. The van der Waals surface area contributed by atoms with Crippen molar-refractivity contribution < 1.29 is 14.6 Å². The van der Waals surface area contributed by atoms with Crippen LogP contribution in [0.15, 0.2) is 42.5 Å². The lowest BCUT2D eigenvalue weighted by atomic mass is 9.77. The summed E-state index contributed by atoms with van der Waals surface area (Å²) in [6.07, 6.45) is 3.38. The van der Waals surface area contributed by atoms with Crippen LogP contribution in [0.25, 0.3) is 0 Å². The van der Waals surface area contributed by atoms with Gasteiger partial charge < -0.3 is 26.6 Å². The molecule has 0 heterocycles. The van der Waals surface area contributed by atoms with Gasteiger partial charge in [0.2, 0.25) is 0 Å². The second kappa shape index (κ2) is 10.3. The number of carbonyl (C=O) groups is 1. The van der Waals surface area contributed by atoms with Gasteiger partial charge in [-0.25, -0.2) is 4.79 Å². The Morgan fingerprint density at radius 2 is 1.87 bits per heavy atom. The monoisotopic (exact) mass is 432 g/mol. The van der Waals surface area contributed by atoms with E-state index in [2.05, 4.69) is 5.32 Å². The maximum absolute atomic E-state index is 12.0. The number of carboxylic acids is 1. The number of hydrogen-bond acceptors (Lipinski definition) is 5. The summed E-state index contributed by atoms with van der Waals surface area (Å²) in [5.41, 5.74) is 14.6. The first-order valence-electron chi connectivity index (χ1n) is 9.86. The van der Waals surface area contributed by atoms with Crippen molar-refractivity contribution in [2.45, 2.75) is 38.3 Å². The Morgan fingerprint density at radius 1 is 1.23 bits per heavy atom. The Labute approximate surface area is 182 Å². The van der Waals surface area contributed by atoms with Crippen LogP contribution in [0.1, 0.15) is 55.0 Å². The van der Waals surface area contributed by atoms with E-state index in [1.807, 2.05) is 19.1 Å². The van der Waals surface area contributed by atoms with E-state index < -0.39 is 12.0 Å². The molecular weight excluding hydrogens is 404 g/mol. The fraction of sp³-hybridized carbons (Fsp3) is 0.364. The van der Waals surface area contributed by atoms with Gasteiger partial charge in [0, 0.05) is 17.3 Å². The number of carboxylic acid groups (broad SMARTS) is 1. The molecule has 162 valence electrons. The lowest BCUT2D eigenvalue weighted by Crippen LogP contribution is -2.27. The Morgan fingerprint density at radius 3 is 2.37 bits per heavy atom. The summed E-state index contributed by atoms with van der Waals surface area (Å²) in [6.45, 7) is 2.38. The molecule has 0 radical (unpaired) electrons. The van der Waals surface area contributed by atoms with Gasteiger partial charge >= 0.3 is 5.97 Å².